The summed E-state index contributed by atoms with van der Waals surface area (Å²) in [5.41, 5.74) is 2.39. The van der Waals surface area contributed by atoms with Gasteiger partial charge in [0, 0.05) is 31.6 Å². The molecule has 6 nitrogen and oxygen atoms in total. The van der Waals surface area contributed by atoms with E-state index >= 15 is 0 Å². The van der Waals surface area contributed by atoms with Crippen LogP contribution in [0.5, 0.6) is 5.75 Å². The van der Waals surface area contributed by atoms with Gasteiger partial charge in [-0.15, -0.1) is 0 Å². The Bertz CT molecular complexity index is 918. The van der Waals surface area contributed by atoms with E-state index in [1.807, 2.05) is 30.3 Å². The van der Waals surface area contributed by atoms with Crippen LogP contribution in [0.25, 0.3) is 0 Å². The van der Waals surface area contributed by atoms with Crippen molar-refractivity contribution in [3.8, 4) is 5.75 Å². The molecule has 2 aromatic carbocycles. The second-order valence-electron chi connectivity index (χ2n) is 9.08. The normalized spacial score (nSPS) is 23.5. The van der Waals surface area contributed by atoms with Crippen molar-refractivity contribution in [2.45, 2.75) is 63.1 Å². The van der Waals surface area contributed by atoms with Gasteiger partial charge in [-0.2, -0.15) is 0 Å². The molecule has 0 radical (unpaired) electrons. The Hall–Kier alpha value is -2.86. The molecule has 0 saturated carbocycles. The van der Waals surface area contributed by atoms with Gasteiger partial charge in [0.1, 0.15) is 5.75 Å². The number of hydrogen-bond acceptors (Lipinski definition) is 5. The number of phenols is 1. The summed E-state index contributed by atoms with van der Waals surface area (Å²) in [6, 6.07) is 18.7. The summed E-state index contributed by atoms with van der Waals surface area (Å²) in [6.07, 6.45) is 5.20. The average molecular weight is 437 g/mol. The first-order valence-electron chi connectivity index (χ1n) is 11.5. The van der Waals surface area contributed by atoms with E-state index in [-0.39, 0.29) is 18.6 Å². The lowest BCUT2D eigenvalue weighted by atomic mass is 9.84. The average Bonchev–Trinajstić information content (AvgIpc) is 2.99. The molecule has 32 heavy (non-hydrogen) atoms. The number of benzene rings is 2. The van der Waals surface area contributed by atoms with Crippen molar-refractivity contribution < 1.29 is 19.4 Å². The van der Waals surface area contributed by atoms with Gasteiger partial charge in [-0.3, -0.25) is 14.5 Å². The van der Waals surface area contributed by atoms with Crippen molar-refractivity contribution in [3.05, 3.63) is 65.7 Å². The Kier molecular flexibility index (Phi) is 7.10. The SMILES string of the molecule is CC(=O)OCC(=O)NC(Cc1ccccc1)CN1C2CCC1CC(c1cccc(O)c1)C2. The number of fused-ring (bicyclic) bond motifs is 2. The molecule has 2 bridgehead atoms. The highest BCUT2D eigenvalue weighted by atomic mass is 16.5. The Labute approximate surface area is 189 Å². The van der Waals surface area contributed by atoms with E-state index in [2.05, 4.69) is 28.4 Å². The lowest BCUT2D eigenvalue weighted by molar-refractivity contribution is -0.146. The first-order chi connectivity index (χ1) is 15.5. The summed E-state index contributed by atoms with van der Waals surface area (Å²) >= 11 is 0. The Balaban J connectivity index is 1.43. The molecule has 170 valence electrons. The van der Waals surface area contributed by atoms with Crippen LogP contribution in [0.15, 0.2) is 54.6 Å². The molecular formula is C26H32N2O4. The fourth-order valence-electron chi connectivity index (χ4n) is 5.37. The fraction of sp³-hybridized carbons (Fsp3) is 0.462. The van der Waals surface area contributed by atoms with Gasteiger partial charge in [0.15, 0.2) is 6.61 Å². The smallest absolute Gasteiger partial charge is 0.303 e. The van der Waals surface area contributed by atoms with Crippen LogP contribution in [0.2, 0.25) is 0 Å². The molecule has 0 aliphatic carbocycles. The molecule has 2 heterocycles. The number of carbonyl (C=O) groups excluding carboxylic acids is 2. The number of rotatable bonds is 8. The van der Waals surface area contributed by atoms with Crippen LogP contribution in [0, 0.1) is 0 Å². The van der Waals surface area contributed by atoms with E-state index in [4.69, 9.17) is 4.74 Å². The molecule has 3 unspecified atom stereocenters. The molecule has 2 N–H and O–H groups in total. The zero-order chi connectivity index (χ0) is 22.5. The van der Waals surface area contributed by atoms with E-state index in [1.54, 1.807) is 6.07 Å². The van der Waals surface area contributed by atoms with Crippen LogP contribution in [-0.4, -0.2) is 53.2 Å². The molecule has 2 aromatic rings. The number of esters is 1. The summed E-state index contributed by atoms with van der Waals surface area (Å²) in [5, 5.41) is 13.0. The number of aromatic hydroxyl groups is 1. The molecule has 2 fully saturated rings. The van der Waals surface area contributed by atoms with Gasteiger partial charge in [0.25, 0.3) is 5.91 Å². The maximum Gasteiger partial charge on any atom is 0.303 e. The summed E-state index contributed by atoms with van der Waals surface area (Å²) in [7, 11) is 0. The predicted molar refractivity (Wildman–Crippen MR) is 122 cm³/mol. The maximum atomic E-state index is 12.4. The van der Waals surface area contributed by atoms with E-state index in [0.29, 0.717) is 23.8 Å². The quantitative estimate of drug-likeness (QED) is 0.620. The number of hydrogen-bond donors (Lipinski definition) is 2. The number of amides is 1. The molecule has 2 aliphatic heterocycles. The van der Waals surface area contributed by atoms with Crippen molar-refractivity contribution in [2.24, 2.45) is 0 Å². The monoisotopic (exact) mass is 436 g/mol. The summed E-state index contributed by atoms with van der Waals surface area (Å²) in [4.78, 5) is 26.1. The van der Waals surface area contributed by atoms with E-state index in [9.17, 15) is 14.7 Å². The zero-order valence-corrected chi connectivity index (χ0v) is 18.6. The molecule has 3 atom stereocenters. The Morgan fingerprint density at radius 2 is 1.81 bits per heavy atom. The van der Waals surface area contributed by atoms with Crippen LogP contribution >= 0.6 is 0 Å². The van der Waals surface area contributed by atoms with E-state index < -0.39 is 5.97 Å². The fourth-order valence-corrected chi connectivity index (χ4v) is 5.37. The molecule has 6 heteroatoms. The molecule has 2 aliphatic rings. The molecule has 4 rings (SSSR count). The van der Waals surface area contributed by atoms with Gasteiger partial charge in [-0.25, -0.2) is 0 Å². The minimum absolute atomic E-state index is 0.0547. The third-order valence-electron chi connectivity index (χ3n) is 6.75. The molecule has 2 saturated heterocycles. The van der Waals surface area contributed by atoms with Crippen LogP contribution in [0.3, 0.4) is 0 Å². The van der Waals surface area contributed by atoms with E-state index in [1.165, 1.54) is 30.9 Å². The number of nitrogens with one attached hydrogen (secondary N) is 1. The lowest BCUT2D eigenvalue weighted by Crippen LogP contribution is -2.51. The molecule has 0 aromatic heterocycles. The van der Waals surface area contributed by atoms with Crippen molar-refractivity contribution in [1.82, 2.24) is 10.2 Å². The number of piperidine rings is 1. The largest absolute Gasteiger partial charge is 0.508 e. The second-order valence-corrected chi connectivity index (χ2v) is 9.08. The summed E-state index contributed by atoms with van der Waals surface area (Å²) < 4.78 is 4.89. The molecule has 1 amide bonds. The van der Waals surface area contributed by atoms with Gasteiger partial charge >= 0.3 is 5.97 Å². The third kappa shape index (κ3) is 5.68. The van der Waals surface area contributed by atoms with Gasteiger partial charge in [0.05, 0.1) is 0 Å². The van der Waals surface area contributed by atoms with Gasteiger partial charge in [-0.1, -0.05) is 42.5 Å². The van der Waals surface area contributed by atoms with Crippen molar-refractivity contribution in [3.63, 3.8) is 0 Å². The first-order valence-corrected chi connectivity index (χ1v) is 11.5. The lowest BCUT2D eigenvalue weighted by Gasteiger charge is -2.41. The Morgan fingerprint density at radius 3 is 2.47 bits per heavy atom. The highest BCUT2D eigenvalue weighted by Crippen LogP contribution is 2.43. The topological polar surface area (TPSA) is 78.9 Å². The molecule has 0 spiro atoms. The molecular weight excluding hydrogens is 404 g/mol. The minimum atomic E-state index is -0.452. The highest BCUT2D eigenvalue weighted by Gasteiger charge is 2.41. The van der Waals surface area contributed by atoms with Crippen molar-refractivity contribution >= 4 is 11.9 Å². The van der Waals surface area contributed by atoms with Gasteiger partial charge < -0.3 is 15.2 Å². The van der Waals surface area contributed by atoms with Crippen LogP contribution in [-0.2, 0) is 20.7 Å². The summed E-state index contributed by atoms with van der Waals surface area (Å²) in [6.45, 7) is 1.85. The van der Waals surface area contributed by atoms with E-state index in [0.717, 1.165) is 25.8 Å². The maximum absolute atomic E-state index is 12.4. The van der Waals surface area contributed by atoms with Crippen molar-refractivity contribution in [2.75, 3.05) is 13.2 Å². The number of phenolic OH excluding ortho intramolecular Hbond substituents is 1. The van der Waals surface area contributed by atoms with Gasteiger partial charge in [-0.05, 0) is 61.3 Å². The minimum Gasteiger partial charge on any atom is -0.508 e. The number of nitrogens with zero attached hydrogens (tertiary/aromatic N) is 1. The number of ether oxygens (including phenoxy) is 1. The van der Waals surface area contributed by atoms with Crippen LogP contribution < -0.4 is 5.32 Å². The van der Waals surface area contributed by atoms with Crippen LogP contribution in [0.4, 0.5) is 0 Å². The predicted octanol–water partition coefficient (Wildman–Crippen LogP) is 3.39. The Morgan fingerprint density at radius 1 is 1.09 bits per heavy atom. The first kappa shape index (κ1) is 22.3. The summed E-state index contributed by atoms with van der Waals surface area (Å²) in [5.74, 6) is 0.0765. The number of carbonyl (C=O) groups is 2. The standard InChI is InChI=1S/C26H32N2O4/c1-18(29)32-17-26(31)27-22(12-19-6-3-2-4-7-19)16-28-23-10-11-24(28)14-21(13-23)20-8-5-9-25(30)15-20/h2-9,15,21-24,30H,10-14,16-17H2,1H3,(H,27,31). The van der Waals surface area contributed by atoms with Crippen LogP contribution in [0.1, 0.15) is 49.7 Å². The highest BCUT2D eigenvalue weighted by molar-refractivity contribution is 5.80. The van der Waals surface area contributed by atoms with Crippen molar-refractivity contribution in [1.29, 1.82) is 0 Å². The van der Waals surface area contributed by atoms with Gasteiger partial charge in [0.2, 0.25) is 0 Å². The second kappa shape index (κ2) is 10.2. The third-order valence-corrected chi connectivity index (χ3v) is 6.75. The zero-order valence-electron chi connectivity index (χ0n) is 18.6.